The van der Waals surface area contributed by atoms with Gasteiger partial charge >= 0.3 is 0 Å². The van der Waals surface area contributed by atoms with Gasteiger partial charge in [-0.1, -0.05) is 60.8 Å². The van der Waals surface area contributed by atoms with E-state index in [-0.39, 0.29) is 33.2 Å². The van der Waals surface area contributed by atoms with Gasteiger partial charge in [-0.2, -0.15) is 0 Å². The first-order valence-corrected chi connectivity index (χ1v) is 14.2. The number of anilines is 1. The molecule has 0 spiro atoms. The molecule has 0 bridgehead atoms. The van der Waals surface area contributed by atoms with Gasteiger partial charge in [0.15, 0.2) is 0 Å². The monoisotopic (exact) mass is 577 g/mol. The molecule has 2 aromatic carbocycles. The second-order valence-electron chi connectivity index (χ2n) is 8.08. The van der Waals surface area contributed by atoms with Crippen LogP contribution >= 0.6 is 34.8 Å². The van der Waals surface area contributed by atoms with E-state index in [1.54, 1.807) is 31.2 Å². The number of benzene rings is 2. The van der Waals surface area contributed by atoms with Gasteiger partial charge in [-0.3, -0.25) is 13.9 Å². The van der Waals surface area contributed by atoms with E-state index >= 15 is 0 Å². The van der Waals surface area contributed by atoms with Crippen LogP contribution in [0.1, 0.15) is 32.3 Å². The van der Waals surface area contributed by atoms with Crippen LogP contribution in [0.15, 0.2) is 36.4 Å². The lowest BCUT2D eigenvalue weighted by Crippen LogP contribution is -2.52. The maximum atomic E-state index is 13.7. The Kier molecular flexibility index (Phi) is 11.2. The molecule has 0 aromatic heterocycles. The number of hydrogen-bond acceptors (Lipinski definition) is 5. The van der Waals surface area contributed by atoms with Crippen molar-refractivity contribution in [3.8, 4) is 5.75 Å². The van der Waals surface area contributed by atoms with E-state index in [1.165, 1.54) is 24.1 Å². The minimum absolute atomic E-state index is 0.00623. The summed E-state index contributed by atoms with van der Waals surface area (Å²) >= 11 is 18.4. The molecule has 0 aliphatic carbocycles. The minimum atomic E-state index is -3.97. The smallest absolute Gasteiger partial charge is 0.244 e. The molecular formula is C24H30Cl3N3O5S. The number of nitrogens with zero attached hydrogens (tertiary/aromatic N) is 2. The average Bonchev–Trinajstić information content (AvgIpc) is 2.82. The van der Waals surface area contributed by atoms with E-state index in [2.05, 4.69) is 5.32 Å². The van der Waals surface area contributed by atoms with Crippen molar-refractivity contribution in [3.63, 3.8) is 0 Å². The van der Waals surface area contributed by atoms with Gasteiger partial charge in [-0.25, -0.2) is 8.42 Å². The summed E-state index contributed by atoms with van der Waals surface area (Å²) in [5, 5.41) is 3.05. The lowest BCUT2D eigenvalue weighted by molar-refractivity contribution is -0.140. The van der Waals surface area contributed by atoms with Crippen LogP contribution in [0.4, 0.5) is 5.69 Å². The van der Waals surface area contributed by atoms with E-state index in [1.807, 2.05) is 6.92 Å². The summed E-state index contributed by atoms with van der Waals surface area (Å²) in [6.07, 6.45) is 2.00. The fourth-order valence-electron chi connectivity index (χ4n) is 3.55. The number of halogens is 3. The molecule has 0 unspecified atom stereocenters. The number of rotatable bonds is 12. The predicted octanol–water partition coefficient (Wildman–Crippen LogP) is 4.76. The molecule has 0 saturated heterocycles. The standard InChI is InChI=1S/C24H30Cl3N3O5S/c1-5-10-28-24(32)21(6-2)29(14-16-8-7-9-17(11-16)35-3)23(31)15-30(36(4,33)34)22-13-19(26)18(25)12-20(22)27/h7-9,11-13,21H,5-6,10,14-15H2,1-4H3,(H,28,32)/t21-/m1/s1. The highest BCUT2D eigenvalue weighted by Crippen LogP contribution is 2.35. The molecule has 8 nitrogen and oxygen atoms in total. The Hall–Kier alpha value is -2.20. The number of nitrogens with one attached hydrogen (secondary N) is 1. The van der Waals surface area contributed by atoms with E-state index in [4.69, 9.17) is 39.5 Å². The number of carbonyl (C=O) groups excluding carboxylic acids is 2. The summed E-state index contributed by atoms with van der Waals surface area (Å²) in [5.41, 5.74) is 0.717. The van der Waals surface area contributed by atoms with Gasteiger partial charge in [-0.15, -0.1) is 0 Å². The molecule has 36 heavy (non-hydrogen) atoms. The number of sulfonamides is 1. The van der Waals surface area contributed by atoms with Crippen LogP contribution in [0.5, 0.6) is 5.75 Å². The van der Waals surface area contributed by atoms with E-state index < -0.39 is 28.5 Å². The molecule has 198 valence electrons. The Morgan fingerprint density at radius 3 is 2.31 bits per heavy atom. The molecule has 1 N–H and O–H groups in total. The molecule has 12 heteroatoms. The van der Waals surface area contributed by atoms with Gasteiger partial charge in [0.1, 0.15) is 18.3 Å². The quantitative estimate of drug-likeness (QED) is 0.367. The van der Waals surface area contributed by atoms with Gasteiger partial charge in [0.2, 0.25) is 21.8 Å². The number of carbonyl (C=O) groups is 2. The third-order valence-corrected chi connectivity index (χ3v) is 7.51. The molecule has 1 atom stereocenters. The minimum Gasteiger partial charge on any atom is -0.497 e. The van der Waals surface area contributed by atoms with Crippen LogP contribution in [0.3, 0.4) is 0 Å². The van der Waals surface area contributed by atoms with Crippen LogP contribution in [0.2, 0.25) is 15.1 Å². The molecule has 2 amide bonds. The third kappa shape index (κ3) is 7.90. The first-order valence-electron chi connectivity index (χ1n) is 11.2. The number of ether oxygens (including phenoxy) is 1. The molecule has 0 saturated carbocycles. The summed E-state index contributed by atoms with van der Waals surface area (Å²) in [6.45, 7) is 3.61. The van der Waals surface area contributed by atoms with Gasteiger partial charge in [0, 0.05) is 13.1 Å². The molecule has 0 aliphatic heterocycles. The molecule has 0 aliphatic rings. The van der Waals surface area contributed by atoms with Crippen LogP contribution in [-0.2, 0) is 26.2 Å². The summed E-state index contributed by atoms with van der Waals surface area (Å²) in [5.74, 6) is -0.332. The second-order valence-corrected chi connectivity index (χ2v) is 11.2. The van der Waals surface area contributed by atoms with Gasteiger partial charge in [0.05, 0.1) is 34.1 Å². The zero-order chi connectivity index (χ0) is 27.0. The van der Waals surface area contributed by atoms with Crippen molar-refractivity contribution >= 4 is 62.3 Å². The van der Waals surface area contributed by atoms with Crippen LogP contribution in [0.25, 0.3) is 0 Å². The van der Waals surface area contributed by atoms with Crippen molar-refractivity contribution in [2.75, 3.05) is 30.8 Å². The topological polar surface area (TPSA) is 96.0 Å². The zero-order valence-electron chi connectivity index (χ0n) is 20.6. The molecular weight excluding hydrogens is 549 g/mol. The number of amides is 2. The van der Waals surface area contributed by atoms with Crippen molar-refractivity contribution in [3.05, 3.63) is 57.0 Å². The lowest BCUT2D eigenvalue weighted by Gasteiger charge is -2.33. The maximum absolute atomic E-state index is 13.7. The van der Waals surface area contributed by atoms with Crippen molar-refractivity contribution < 1.29 is 22.7 Å². The zero-order valence-corrected chi connectivity index (χ0v) is 23.6. The Morgan fingerprint density at radius 1 is 1.06 bits per heavy atom. The van der Waals surface area contributed by atoms with Crippen molar-refractivity contribution in [2.24, 2.45) is 0 Å². The van der Waals surface area contributed by atoms with Gasteiger partial charge < -0.3 is 15.0 Å². The first-order chi connectivity index (χ1) is 16.9. The highest BCUT2D eigenvalue weighted by Gasteiger charge is 2.32. The van der Waals surface area contributed by atoms with E-state index in [0.29, 0.717) is 24.3 Å². The normalized spacial score (nSPS) is 12.1. The van der Waals surface area contributed by atoms with Crippen molar-refractivity contribution in [1.82, 2.24) is 10.2 Å². The Labute approximate surface area is 227 Å². The fourth-order valence-corrected chi connectivity index (χ4v) is 5.10. The number of methoxy groups -OCH3 is 1. The molecule has 0 radical (unpaired) electrons. The van der Waals surface area contributed by atoms with Gasteiger partial charge in [-0.05, 0) is 42.7 Å². The Morgan fingerprint density at radius 2 is 1.72 bits per heavy atom. The number of hydrogen-bond donors (Lipinski definition) is 1. The van der Waals surface area contributed by atoms with Crippen molar-refractivity contribution in [2.45, 2.75) is 39.3 Å². The van der Waals surface area contributed by atoms with Crippen LogP contribution < -0.4 is 14.4 Å². The fraction of sp³-hybridized carbons (Fsp3) is 0.417. The second kappa shape index (κ2) is 13.4. The summed E-state index contributed by atoms with van der Waals surface area (Å²) < 4.78 is 31.6. The largest absolute Gasteiger partial charge is 0.497 e. The molecule has 0 heterocycles. The Balaban J connectivity index is 2.50. The van der Waals surface area contributed by atoms with Crippen LogP contribution in [-0.4, -0.2) is 57.6 Å². The van der Waals surface area contributed by atoms with E-state index in [0.717, 1.165) is 17.0 Å². The van der Waals surface area contributed by atoms with Gasteiger partial charge in [0.25, 0.3) is 0 Å². The molecule has 2 aromatic rings. The molecule has 2 rings (SSSR count). The third-order valence-electron chi connectivity index (χ3n) is 5.36. The summed E-state index contributed by atoms with van der Waals surface area (Å²) in [7, 11) is -2.44. The average molecular weight is 579 g/mol. The summed E-state index contributed by atoms with van der Waals surface area (Å²) in [6, 6.07) is 8.85. The first kappa shape index (κ1) is 30.0. The Bertz CT molecular complexity index is 1190. The highest BCUT2D eigenvalue weighted by atomic mass is 35.5. The van der Waals surface area contributed by atoms with Crippen LogP contribution in [0, 0.1) is 0 Å². The SMILES string of the molecule is CCCNC(=O)[C@@H](CC)N(Cc1cccc(OC)c1)C(=O)CN(c1cc(Cl)c(Cl)cc1Cl)S(C)(=O)=O. The maximum Gasteiger partial charge on any atom is 0.244 e. The molecule has 0 fully saturated rings. The lowest BCUT2D eigenvalue weighted by atomic mass is 10.1. The highest BCUT2D eigenvalue weighted by molar-refractivity contribution is 7.92. The van der Waals surface area contributed by atoms with Crippen molar-refractivity contribution in [1.29, 1.82) is 0 Å². The predicted molar refractivity (Wildman–Crippen MR) is 145 cm³/mol. The summed E-state index contributed by atoms with van der Waals surface area (Å²) in [4.78, 5) is 28.0. The van der Waals surface area contributed by atoms with E-state index in [9.17, 15) is 18.0 Å².